The van der Waals surface area contributed by atoms with Gasteiger partial charge in [0.25, 0.3) is 0 Å². The third kappa shape index (κ3) is 2.48. The number of amides is 1. The molecule has 1 spiro atoms. The fourth-order valence-corrected chi connectivity index (χ4v) is 2.60. The zero-order valence-corrected chi connectivity index (χ0v) is 11.0. The largest absolute Gasteiger partial charge is 0.453 e. The van der Waals surface area contributed by atoms with E-state index in [2.05, 4.69) is 11.8 Å². The van der Waals surface area contributed by atoms with Crippen LogP contribution in [-0.2, 0) is 4.74 Å². The second-order valence-corrected chi connectivity index (χ2v) is 4.44. The first-order chi connectivity index (χ1) is 7.69. The van der Waals surface area contributed by atoms with Crippen molar-refractivity contribution in [2.45, 2.75) is 27.2 Å². The van der Waals surface area contributed by atoms with Gasteiger partial charge in [0.1, 0.15) is 0 Å². The standard InChI is InChI=1S/C10H18N2O2.C2H6/c1-3-11-6-10(7-11)4-5-12(8-10)9(13)14-2;1-2/h3-8H2,1-2H3;1-2H3. The molecular weight excluding hydrogens is 204 g/mol. The van der Waals surface area contributed by atoms with Gasteiger partial charge in [0.2, 0.25) is 0 Å². The van der Waals surface area contributed by atoms with Crippen LogP contribution in [0.1, 0.15) is 27.2 Å². The van der Waals surface area contributed by atoms with Crippen molar-refractivity contribution in [1.29, 1.82) is 0 Å². The number of rotatable bonds is 1. The van der Waals surface area contributed by atoms with Gasteiger partial charge >= 0.3 is 6.09 Å². The fraction of sp³-hybridized carbons (Fsp3) is 0.917. The Kier molecular flexibility index (Phi) is 4.59. The molecule has 0 unspecified atom stereocenters. The molecule has 0 radical (unpaired) electrons. The number of ether oxygens (including phenoxy) is 1. The quantitative estimate of drug-likeness (QED) is 0.686. The topological polar surface area (TPSA) is 32.8 Å². The van der Waals surface area contributed by atoms with E-state index in [9.17, 15) is 4.79 Å². The molecule has 0 N–H and O–H groups in total. The van der Waals surface area contributed by atoms with E-state index < -0.39 is 0 Å². The summed E-state index contributed by atoms with van der Waals surface area (Å²) in [5.41, 5.74) is 0.393. The number of methoxy groups -OCH3 is 1. The fourth-order valence-electron chi connectivity index (χ4n) is 2.60. The van der Waals surface area contributed by atoms with E-state index in [0.717, 1.165) is 39.1 Å². The maximum Gasteiger partial charge on any atom is 0.409 e. The smallest absolute Gasteiger partial charge is 0.409 e. The first kappa shape index (κ1) is 13.3. The molecule has 2 aliphatic heterocycles. The molecule has 0 aromatic carbocycles. The molecule has 2 heterocycles. The Labute approximate surface area is 98.5 Å². The van der Waals surface area contributed by atoms with Crippen LogP contribution < -0.4 is 0 Å². The molecule has 1 amide bonds. The summed E-state index contributed by atoms with van der Waals surface area (Å²) < 4.78 is 4.72. The molecule has 0 aromatic rings. The van der Waals surface area contributed by atoms with Gasteiger partial charge in [0, 0.05) is 31.6 Å². The van der Waals surface area contributed by atoms with Crippen molar-refractivity contribution in [3.8, 4) is 0 Å². The third-order valence-corrected chi connectivity index (χ3v) is 3.44. The van der Waals surface area contributed by atoms with E-state index in [1.165, 1.54) is 7.11 Å². The van der Waals surface area contributed by atoms with Crippen molar-refractivity contribution in [2.24, 2.45) is 5.41 Å². The third-order valence-electron chi connectivity index (χ3n) is 3.44. The number of hydrogen-bond acceptors (Lipinski definition) is 3. The highest BCUT2D eigenvalue weighted by atomic mass is 16.5. The Morgan fingerprint density at radius 1 is 1.31 bits per heavy atom. The highest BCUT2D eigenvalue weighted by molar-refractivity contribution is 5.67. The summed E-state index contributed by atoms with van der Waals surface area (Å²) in [6.45, 7) is 11.4. The van der Waals surface area contributed by atoms with Crippen LogP contribution in [0.5, 0.6) is 0 Å². The number of hydrogen-bond donors (Lipinski definition) is 0. The van der Waals surface area contributed by atoms with E-state index in [-0.39, 0.29) is 6.09 Å². The lowest BCUT2D eigenvalue weighted by Crippen LogP contribution is -2.57. The second-order valence-electron chi connectivity index (χ2n) is 4.44. The summed E-state index contributed by atoms with van der Waals surface area (Å²) in [5.74, 6) is 0. The molecular formula is C12H24N2O2. The van der Waals surface area contributed by atoms with Gasteiger partial charge < -0.3 is 14.5 Å². The Morgan fingerprint density at radius 2 is 1.94 bits per heavy atom. The predicted molar refractivity (Wildman–Crippen MR) is 64.5 cm³/mol. The highest BCUT2D eigenvalue weighted by Crippen LogP contribution is 2.39. The number of likely N-dealkylation sites (tertiary alicyclic amines) is 2. The molecule has 2 fully saturated rings. The first-order valence-electron chi connectivity index (χ1n) is 6.24. The summed E-state index contributed by atoms with van der Waals surface area (Å²) in [7, 11) is 1.45. The second kappa shape index (κ2) is 5.53. The van der Waals surface area contributed by atoms with Crippen LogP contribution in [0.2, 0.25) is 0 Å². The lowest BCUT2D eigenvalue weighted by atomic mass is 9.79. The zero-order chi connectivity index (χ0) is 12.2. The molecule has 2 rings (SSSR count). The molecule has 0 saturated carbocycles. The van der Waals surface area contributed by atoms with E-state index in [0.29, 0.717) is 5.41 Å². The van der Waals surface area contributed by atoms with Crippen LogP contribution >= 0.6 is 0 Å². The van der Waals surface area contributed by atoms with Crippen molar-refractivity contribution < 1.29 is 9.53 Å². The molecule has 0 atom stereocenters. The Bertz CT molecular complexity index is 237. The lowest BCUT2D eigenvalue weighted by Gasteiger charge is -2.47. The van der Waals surface area contributed by atoms with Crippen LogP contribution in [0.15, 0.2) is 0 Å². The van der Waals surface area contributed by atoms with Crippen LogP contribution in [0.4, 0.5) is 4.79 Å². The molecule has 4 heteroatoms. The highest BCUT2D eigenvalue weighted by Gasteiger charge is 2.48. The van der Waals surface area contributed by atoms with Crippen molar-refractivity contribution in [3.63, 3.8) is 0 Å². The molecule has 0 aromatic heterocycles. The van der Waals surface area contributed by atoms with Gasteiger partial charge in [-0.15, -0.1) is 0 Å². The van der Waals surface area contributed by atoms with Crippen LogP contribution in [0.25, 0.3) is 0 Å². The van der Waals surface area contributed by atoms with Gasteiger partial charge in [0.15, 0.2) is 0 Å². The number of nitrogens with zero attached hydrogens (tertiary/aromatic N) is 2. The van der Waals surface area contributed by atoms with Gasteiger partial charge in [-0.05, 0) is 13.0 Å². The molecule has 2 saturated heterocycles. The zero-order valence-electron chi connectivity index (χ0n) is 11.0. The molecule has 2 aliphatic rings. The van der Waals surface area contributed by atoms with Gasteiger partial charge in [-0.2, -0.15) is 0 Å². The normalized spacial score (nSPS) is 22.4. The minimum atomic E-state index is -0.170. The average molecular weight is 228 g/mol. The summed E-state index contributed by atoms with van der Waals surface area (Å²) in [6.07, 6.45) is 0.968. The average Bonchev–Trinajstić information content (AvgIpc) is 2.73. The van der Waals surface area contributed by atoms with E-state index in [4.69, 9.17) is 4.74 Å². The maximum absolute atomic E-state index is 11.3. The molecule has 16 heavy (non-hydrogen) atoms. The van der Waals surface area contributed by atoms with E-state index in [1.54, 1.807) is 0 Å². The van der Waals surface area contributed by atoms with Gasteiger partial charge in [-0.3, -0.25) is 0 Å². The van der Waals surface area contributed by atoms with Crippen molar-refractivity contribution in [1.82, 2.24) is 9.80 Å². The summed E-state index contributed by atoms with van der Waals surface area (Å²) >= 11 is 0. The van der Waals surface area contributed by atoms with Crippen molar-refractivity contribution in [3.05, 3.63) is 0 Å². The van der Waals surface area contributed by atoms with E-state index in [1.807, 2.05) is 18.7 Å². The van der Waals surface area contributed by atoms with Gasteiger partial charge in [-0.25, -0.2) is 4.79 Å². The minimum Gasteiger partial charge on any atom is -0.453 e. The number of carbonyl (C=O) groups is 1. The van der Waals surface area contributed by atoms with Crippen LogP contribution in [0, 0.1) is 5.41 Å². The van der Waals surface area contributed by atoms with Gasteiger partial charge in [0.05, 0.1) is 7.11 Å². The Hall–Kier alpha value is -0.770. The van der Waals surface area contributed by atoms with Crippen molar-refractivity contribution in [2.75, 3.05) is 39.8 Å². The molecule has 0 aliphatic carbocycles. The summed E-state index contributed by atoms with van der Waals surface area (Å²) in [5, 5.41) is 0. The van der Waals surface area contributed by atoms with Crippen LogP contribution in [0.3, 0.4) is 0 Å². The lowest BCUT2D eigenvalue weighted by molar-refractivity contribution is 0.0129. The summed E-state index contributed by atoms with van der Waals surface area (Å²) in [4.78, 5) is 15.5. The number of carbonyl (C=O) groups excluding carboxylic acids is 1. The van der Waals surface area contributed by atoms with Gasteiger partial charge in [-0.1, -0.05) is 20.8 Å². The molecule has 4 nitrogen and oxygen atoms in total. The predicted octanol–water partition coefficient (Wildman–Crippen LogP) is 1.81. The molecule has 0 bridgehead atoms. The Balaban J connectivity index is 0.000000606. The Morgan fingerprint density at radius 3 is 2.44 bits per heavy atom. The van der Waals surface area contributed by atoms with E-state index >= 15 is 0 Å². The van der Waals surface area contributed by atoms with Crippen molar-refractivity contribution >= 4 is 6.09 Å². The maximum atomic E-state index is 11.3. The monoisotopic (exact) mass is 228 g/mol. The first-order valence-corrected chi connectivity index (χ1v) is 6.24. The SMILES string of the molecule is CC.CCN1CC2(CCN(C(=O)OC)C2)C1. The minimum absolute atomic E-state index is 0.170. The molecule has 94 valence electrons. The summed E-state index contributed by atoms with van der Waals surface area (Å²) in [6, 6.07) is 0. The van der Waals surface area contributed by atoms with Crippen LogP contribution in [-0.4, -0.2) is 55.7 Å².